The van der Waals surface area contributed by atoms with Crippen LogP contribution in [0.5, 0.6) is 17.2 Å². The van der Waals surface area contributed by atoms with Crippen molar-refractivity contribution in [1.29, 1.82) is 0 Å². The fourth-order valence-corrected chi connectivity index (χ4v) is 3.46. The Morgan fingerprint density at radius 3 is 2.43 bits per heavy atom. The number of hydrogen-bond acceptors (Lipinski definition) is 3. The molecule has 0 bridgehead atoms. The molecule has 1 aliphatic rings. The van der Waals surface area contributed by atoms with Gasteiger partial charge in [-0.3, -0.25) is 0 Å². The Morgan fingerprint density at radius 1 is 1.00 bits per heavy atom. The van der Waals surface area contributed by atoms with Crippen LogP contribution in [0.25, 0.3) is 0 Å². The zero-order valence-electron chi connectivity index (χ0n) is 18.0. The van der Waals surface area contributed by atoms with Crippen LogP contribution >= 0.6 is 0 Å². The van der Waals surface area contributed by atoms with Crippen LogP contribution in [0.2, 0.25) is 0 Å². The molecule has 2 aromatic rings. The van der Waals surface area contributed by atoms with E-state index in [1.54, 1.807) is 19.1 Å². The van der Waals surface area contributed by atoms with E-state index >= 15 is 4.39 Å². The fraction of sp³-hybridized carbons (Fsp3) is 0.500. The zero-order valence-corrected chi connectivity index (χ0v) is 18.0. The van der Waals surface area contributed by atoms with Crippen LogP contribution in [-0.4, -0.2) is 19.3 Å². The molecule has 3 nitrogen and oxygen atoms in total. The molecule has 2 aromatic carbocycles. The summed E-state index contributed by atoms with van der Waals surface area (Å²) in [4.78, 5) is 0. The van der Waals surface area contributed by atoms with Gasteiger partial charge in [-0.2, -0.15) is 8.78 Å². The van der Waals surface area contributed by atoms with Gasteiger partial charge in [-0.1, -0.05) is 26.0 Å². The van der Waals surface area contributed by atoms with Crippen LogP contribution < -0.4 is 9.47 Å². The lowest BCUT2D eigenvalue weighted by Crippen LogP contribution is -2.14. The lowest BCUT2D eigenvalue weighted by atomic mass is 9.95. The summed E-state index contributed by atoms with van der Waals surface area (Å²) < 4.78 is 60.3. The van der Waals surface area contributed by atoms with Crippen LogP contribution in [0, 0.1) is 23.4 Å². The van der Waals surface area contributed by atoms with Crippen LogP contribution in [0.3, 0.4) is 0 Å². The molecule has 164 valence electrons. The van der Waals surface area contributed by atoms with Crippen LogP contribution in [0.4, 0.5) is 13.2 Å². The normalized spacial score (nSPS) is 14.5. The van der Waals surface area contributed by atoms with Crippen LogP contribution in [0.15, 0.2) is 18.2 Å². The first-order chi connectivity index (χ1) is 14.3. The Kier molecular flexibility index (Phi) is 7.29. The molecule has 6 heteroatoms. The third-order valence-electron chi connectivity index (χ3n) is 5.50. The quantitative estimate of drug-likeness (QED) is 0.390. The maximum absolute atomic E-state index is 15.1. The average molecular weight is 422 g/mol. The standard InChI is InChI=1S/C24H29F3O3/c1-5-15(4)29-13-14(3)7-8-16-9-10-17-11-18-12-19(28-6-2)21(26)22(27)24(18)30-23(17)20(16)25/h9-10,12,14-15H,5-8,11,13H2,1-4H3. The Bertz CT molecular complexity index is 898. The van der Waals surface area contributed by atoms with E-state index in [4.69, 9.17) is 14.2 Å². The molecule has 0 spiro atoms. The highest BCUT2D eigenvalue weighted by atomic mass is 19.2. The second-order valence-corrected chi connectivity index (χ2v) is 7.93. The maximum atomic E-state index is 15.1. The number of fused-ring (bicyclic) bond motifs is 2. The predicted molar refractivity (Wildman–Crippen MR) is 110 cm³/mol. The number of ether oxygens (including phenoxy) is 3. The van der Waals surface area contributed by atoms with Crippen molar-refractivity contribution in [2.24, 2.45) is 5.92 Å². The van der Waals surface area contributed by atoms with Gasteiger partial charge >= 0.3 is 0 Å². The Morgan fingerprint density at radius 2 is 1.73 bits per heavy atom. The topological polar surface area (TPSA) is 27.7 Å². The third kappa shape index (κ3) is 4.75. The minimum absolute atomic E-state index is 0.0223. The van der Waals surface area contributed by atoms with E-state index in [0.29, 0.717) is 29.7 Å². The lowest BCUT2D eigenvalue weighted by Gasteiger charge is -2.23. The Labute approximate surface area is 176 Å². The van der Waals surface area contributed by atoms with Crippen molar-refractivity contribution in [2.75, 3.05) is 13.2 Å². The molecule has 2 atom stereocenters. The van der Waals surface area contributed by atoms with Crippen LogP contribution in [0.1, 0.15) is 57.2 Å². The summed E-state index contributed by atoms with van der Waals surface area (Å²) in [6.07, 6.45) is 2.68. The molecule has 1 heterocycles. The van der Waals surface area contributed by atoms with Gasteiger partial charge in [0.15, 0.2) is 23.1 Å². The van der Waals surface area contributed by atoms with Crippen molar-refractivity contribution in [3.8, 4) is 17.2 Å². The second kappa shape index (κ2) is 9.73. The van der Waals surface area contributed by atoms with E-state index in [-0.39, 0.29) is 42.3 Å². The van der Waals surface area contributed by atoms with Gasteiger partial charge in [0.2, 0.25) is 11.6 Å². The third-order valence-corrected chi connectivity index (χ3v) is 5.50. The molecule has 0 saturated carbocycles. The zero-order chi connectivity index (χ0) is 21.8. The van der Waals surface area contributed by atoms with Gasteiger partial charge in [0.05, 0.1) is 12.7 Å². The van der Waals surface area contributed by atoms with Gasteiger partial charge in [0.25, 0.3) is 0 Å². The summed E-state index contributed by atoms with van der Waals surface area (Å²) in [5.74, 6) is -2.96. The van der Waals surface area contributed by atoms with Crippen molar-refractivity contribution in [3.05, 3.63) is 52.3 Å². The van der Waals surface area contributed by atoms with Gasteiger partial charge in [0.1, 0.15) is 0 Å². The van der Waals surface area contributed by atoms with Gasteiger partial charge in [-0.25, -0.2) is 4.39 Å². The summed E-state index contributed by atoms with van der Waals surface area (Å²) in [6.45, 7) is 8.70. The minimum atomic E-state index is -1.15. The molecule has 2 unspecified atom stereocenters. The number of benzene rings is 2. The molecular weight excluding hydrogens is 393 g/mol. The molecule has 30 heavy (non-hydrogen) atoms. The Balaban J connectivity index is 1.76. The first-order valence-electron chi connectivity index (χ1n) is 10.6. The fourth-order valence-electron chi connectivity index (χ4n) is 3.46. The van der Waals surface area contributed by atoms with E-state index in [9.17, 15) is 8.78 Å². The van der Waals surface area contributed by atoms with E-state index in [2.05, 4.69) is 13.8 Å². The molecule has 0 amide bonds. The lowest BCUT2D eigenvalue weighted by molar-refractivity contribution is 0.0401. The van der Waals surface area contributed by atoms with Crippen molar-refractivity contribution in [2.45, 2.75) is 59.5 Å². The van der Waals surface area contributed by atoms with Gasteiger partial charge in [0, 0.05) is 24.2 Å². The molecule has 0 aliphatic carbocycles. The van der Waals surface area contributed by atoms with E-state index in [1.807, 2.05) is 6.92 Å². The van der Waals surface area contributed by atoms with Crippen molar-refractivity contribution < 1.29 is 27.4 Å². The van der Waals surface area contributed by atoms with Crippen molar-refractivity contribution >= 4 is 0 Å². The van der Waals surface area contributed by atoms with Crippen LogP contribution in [-0.2, 0) is 17.6 Å². The first-order valence-corrected chi connectivity index (χ1v) is 10.6. The largest absolute Gasteiger partial charge is 0.491 e. The van der Waals surface area contributed by atoms with Crippen molar-refractivity contribution in [1.82, 2.24) is 0 Å². The van der Waals surface area contributed by atoms with E-state index < -0.39 is 17.5 Å². The molecule has 0 saturated heterocycles. The SMILES string of the molecule is CCOc1cc2c(c(F)c1F)Oc1c(ccc(CCC(C)COC(C)CC)c1F)C2. The molecular formula is C24H29F3O3. The van der Waals surface area contributed by atoms with Crippen molar-refractivity contribution in [3.63, 3.8) is 0 Å². The molecule has 0 N–H and O–H groups in total. The monoisotopic (exact) mass is 422 g/mol. The molecule has 1 aliphatic heterocycles. The summed E-state index contributed by atoms with van der Waals surface area (Å²) in [5.41, 5.74) is 1.54. The molecule has 3 rings (SSSR count). The predicted octanol–water partition coefficient (Wildman–Crippen LogP) is 6.58. The molecule has 0 aromatic heterocycles. The Hall–Kier alpha value is -2.21. The number of aryl methyl sites for hydroxylation is 1. The smallest absolute Gasteiger partial charge is 0.205 e. The summed E-state index contributed by atoms with van der Waals surface area (Å²) in [7, 11) is 0. The summed E-state index contributed by atoms with van der Waals surface area (Å²) >= 11 is 0. The number of halogens is 3. The highest BCUT2D eigenvalue weighted by Gasteiger charge is 2.28. The van der Waals surface area contributed by atoms with Gasteiger partial charge < -0.3 is 14.2 Å². The van der Waals surface area contributed by atoms with Gasteiger partial charge in [-0.05, 0) is 50.7 Å². The van der Waals surface area contributed by atoms with Gasteiger partial charge in [-0.15, -0.1) is 0 Å². The highest BCUT2D eigenvalue weighted by Crippen LogP contribution is 2.43. The maximum Gasteiger partial charge on any atom is 0.205 e. The summed E-state index contributed by atoms with van der Waals surface area (Å²) in [5, 5.41) is 0. The summed E-state index contributed by atoms with van der Waals surface area (Å²) in [6, 6.07) is 4.96. The number of hydrogen-bond donors (Lipinski definition) is 0. The average Bonchev–Trinajstić information content (AvgIpc) is 2.74. The minimum Gasteiger partial charge on any atom is -0.491 e. The second-order valence-electron chi connectivity index (χ2n) is 7.93. The van der Waals surface area contributed by atoms with E-state index in [1.165, 1.54) is 6.07 Å². The van der Waals surface area contributed by atoms with E-state index in [0.717, 1.165) is 12.8 Å². The first kappa shape index (κ1) is 22.5. The molecule has 0 fully saturated rings. The number of rotatable bonds is 9. The highest BCUT2D eigenvalue weighted by molar-refractivity contribution is 5.54. The molecule has 0 radical (unpaired) electrons.